The third-order valence-corrected chi connectivity index (χ3v) is 6.12. The standard InChI is InChI=1S/C20H20ClN3O4S/c1-13-3-6-15(7-4-13)29(26,27)12-18-23-20(28-24-18)10-9-19(25)22-17-8-5-14(2)11-16(17)21/h3-8,11H,9-10,12H2,1-2H3,(H,22,25). The number of aromatic nitrogens is 2. The van der Waals surface area contributed by atoms with E-state index in [2.05, 4.69) is 15.5 Å². The minimum atomic E-state index is -3.58. The van der Waals surface area contributed by atoms with E-state index in [1.165, 1.54) is 0 Å². The number of halogens is 1. The molecule has 1 aromatic heterocycles. The minimum absolute atomic E-state index is 0.0579. The molecule has 0 aliphatic heterocycles. The van der Waals surface area contributed by atoms with Crippen LogP contribution in [0.1, 0.15) is 29.3 Å². The predicted molar refractivity (Wildman–Crippen MR) is 110 cm³/mol. The number of nitrogens with zero attached hydrogens (tertiary/aromatic N) is 2. The number of nitrogens with one attached hydrogen (secondary N) is 1. The number of anilines is 1. The Bertz CT molecular complexity index is 1120. The summed E-state index contributed by atoms with van der Waals surface area (Å²) >= 11 is 6.10. The number of sulfone groups is 1. The molecule has 7 nitrogen and oxygen atoms in total. The quantitative estimate of drug-likeness (QED) is 0.606. The summed E-state index contributed by atoms with van der Waals surface area (Å²) in [6, 6.07) is 11.9. The smallest absolute Gasteiger partial charge is 0.227 e. The van der Waals surface area contributed by atoms with Crippen molar-refractivity contribution in [2.45, 2.75) is 37.3 Å². The molecule has 1 heterocycles. The number of aryl methyl sites for hydroxylation is 3. The normalized spacial score (nSPS) is 11.4. The van der Waals surface area contributed by atoms with Gasteiger partial charge in [-0.05, 0) is 43.7 Å². The molecule has 1 amide bonds. The molecule has 0 saturated heterocycles. The van der Waals surface area contributed by atoms with Crippen LogP contribution < -0.4 is 5.32 Å². The Kier molecular flexibility index (Phi) is 6.34. The average Bonchev–Trinajstić information content (AvgIpc) is 3.09. The molecule has 1 N–H and O–H groups in total. The summed E-state index contributed by atoms with van der Waals surface area (Å²) in [5.74, 6) is -0.375. The molecule has 0 bridgehead atoms. The fraction of sp³-hybridized carbons (Fsp3) is 0.250. The highest BCUT2D eigenvalue weighted by Crippen LogP contribution is 2.23. The Labute approximate surface area is 174 Å². The topological polar surface area (TPSA) is 102 Å². The summed E-state index contributed by atoms with van der Waals surface area (Å²) in [6.07, 6.45) is 0.281. The van der Waals surface area contributed by atoms with Crippen LogP contribution in [-0.4, -0.2) is 24.5 Å². The third-order valence-electron chi connectivity index (χ3n) is 4.17. The molecule has 0 fully saturated rings. The largest absolute Gasteiger partial charge is 0.339 e. The van der Waals surface area contributed by atoms with E-state index in [1.54, 1.807) is 36.4 Å². The zero-order chi connectivity index (χ0) is 21.0. The van der Waals surface area contributed by atoms with E-state index in [9.17, 15) is 13.2 Å². The lowest BCUT2D eigenvalue weighted by molar-refractivity contribution is -0.116. The first-order valence-corrected chi connectivity index (χ1v) is 10.9. The molecule has 0 saturated carbocycles. The first kappa shape index (κ1) is 21.0. The minimum Gasteiger partial charge on any atom is -0.339 e. The van der Waals surface area contributed by atoms with Crippen LogP contribution in [0.15, 0.2) is 51.9 Å². The van der Waals surface area contributed by atoms with E-state index >= 15 is 0 Å². The monoisotopic (exact) mass is 433 g/mol. The zero-order valence-electron chi connectivity index (χ0n) is 16.0. The van der Waals surface area contributed by atoms with Gasteiger partial charge >= 0.3 is 0 Å². The molecule has 29 heavy (non-hydrogen) atoms. The second-order valence-electron chi connectivity index (χ2n) is 6.71. The molecule has 152 valence electrons. The molecule has 0 atom stereocenters. The highest BCUT2D eigenvalue weighted by molar-refractivity contribution is 7.90. The SMILES string of the molecule is Cc1ccc(S(=O)(=O)Cc2noc(CCC(=O)Nc3ccc(C)cc3Cl)n2)cc1. The summed E-state index contributed by atoms with van der Waals surface area (Å²) in [7, 11) is -3.58. The van der Waals surface area contributed by atoms with Crippen molar-refractivity contribution in [1.82, 2.24) is 10.1 Å². The Balaban J connectivity index is 1.57. The highest BCUT2D eigenvalue weighted by atomic mass is 35.5. The van der Waals surface area contributed by atoms with E-state index in [0.717, 1.165) is 11.1 Å². The van der Waals surface area contributed by atoms with E-state index in [-0.39, 0.29) is 41.1 Å². The van der Waals surface area contributed by atoms with E-state index in [0.29, 0.717) is 10.7 Å². The summed E-state index contributed by atoms with van der Waals surface area (Å²) < 4.78 is 30.0. The summed E-state index contributed by atoms with van der Waals surface area (Å²) in [5.41, 5.74) is 2.49. The molecule has 9 heteroatoms. The molecular weight excluding hydrogens is 414 g/mol. The van der Waals surface area contributed by atoms with Crippen LogP contribution in [0.2, 0.25) is 5.02 Å². The van der Waals surface area contributed by atoms with Crippen molar-refractivity contribution in [3.63, 3.8) is 0 Å². The Morgan fingerprint density at radius 2 is 1.79 bits per heavy atom. The van der Waals surface area contributed by atoms with Gasteiger partial charge in [-0.15, -0.1) is 0 Å². The lowest BCUT2D eigenvalue weighted by Gasteiger charge is -2.07. The van der Waals surface area contributed by atoms with Gasteiger partial charge in [0.25, 0.3) is 0 Å². The molecule has 3 aromatic rings. The zero-order valence-corrected chi connectivity index (χ0v) is 17.5. The van der Waals surface area contributed by atoms with Gasteiger partial charge in [-0.1, -0.05) is 40.5 Å². The lowest BCUT2D eigenvalue weighted by Crippen LogP contribution is -2.13. The van der Waals surface area contributed by atoms with Crippen molar-refractivity contribution in [3.05, 3.63) is 70.3 Å². The van der Waals surface area contributed by atoms with E-state index in [4.69, 9.17) is 16.1 Å². The molecule has 0 unspecified atom stereocenters. The number of carbonyl (C=O) groups excluding carboxylic acids is 1. The fourth-order valence-electron chi connectivity index (χ4n) is 2.60. The third kappa shape index (κ3) is 5.65. The maximum absolute atomic E-state index is 12.4. The first-order chi connectivity index (χ1) is 13.7. The van der Waals surface area contributed by atoms with E-state index in [1.807, 2.05) is 19.9 Å². The Hall–Kier alpha value is -2.71. The van der Waals surface area contributed by atoms with Gasteiger partial charge in [0.2, 0.25) is 11.8 Å². The molecule has 0 spiro atoms. The van der Waals surface area contributed by atoms with Crippen molar-refractivity contribution in [2.75, 3.05) is 5.32 Å². The Morgan fingerprint density at radius 1 is 1.10 bits per heavy atom. The predicted octanol–water partition coefficient (Wildman–Crippen LogP) is 3.89. The van der Waals surface area contributed by atoms with Crippen molar-refractivity contribution in [3.8, 4) is 0 Å². The van der Waals surface area contributed by atoms with Gasteiger partial charge in [0.05, 0.1) is 15.6 Å². The number of benzene rings is 2. The molecule has 0 radical (unpaired) electrons. The Morgan fingerprint density at radius 3 is 2.48 bits per heavy atom. The van der Waals surface area contributed by atoms with Crippen LogP contribution in [0, 0.1) is 13.8 Å². The van der Waals surface area contributed by atoms with Gasteiger partial charge in [-0.25, -0.2) is 8.42 Å². The van der Waals surface area contributed by atoms with Crippen LogP contribution in [0.25, 0.3) is 0 Å². The van der Waals surface area contributed by atoms with Gasteiger partial charge in [-0.3, -0.25) is 4.79 Å². The number of hydrogen-bond acceptors (Lipinski definition) is 6. The first-order valence-electron chi connectivity index (χ1n) is 8.90. The second-order valence-corrected chi connectivity index (χ2v) is 9.10. The van der Waals surface area contributed by atoms with Gasteiger partial charge in [0.15, 0.2) is 15.7 Å². The van der Waals surface area contributed by atoms with Crippen LogP contribution in [0.4, 0.5) is 5.69 Å². The van der Waals surface area contributed by atoms with Crippen molar-refractivity contribution >= 4 is 33.0 Å². The van der Waals surface area contributed by atoms with E-state index < -0.39 is 9.84 Å². The number of amides is 1. The van der Waals surface area contributed by atoms with Crippen LogP contribution in [0.5, 0.6) is 0 Å². The average molecular weight is 434 g/mol. The highest BCUT2D eigenvalue weighted by Gasteiger charge is 2.19. The molecular formula is C20H20ClN3O4S. The maximum Gasteiger partial charge on any atom is 0.227 e. The van der Waals surface area contributed by atoms with Gasteiger partial charge in [0.1, 0.15) is 5.75 Å². The van der Waals surface area contributed by atoms with Crippen LogP contribution >= 0.6 is 11.6 Å². The lowest BCUT2D eigenvalue weighted by atomic mass is 10.2. The van der Waals surface area contributed by atoms with Crippen LogP contribution in [0.3, 0.4) is 0 Å². The summed E-state index contributed by atoms with van der Waals surface area (Å²) in [5, 5.41) is 6.89. The van der Waals surface area contributed by atoms with Gasteiger partial charge in [0, 0.05) is 12.8 Å². The molecule has 2 aromatic carbocycles. The van der Waals surface area contributed by atoms with Gasteiger partial charge < -0.3 is 9.84 Å². The second kappa shape index (κ2) is 8.75. The van der Waals surface area contributed by atoms with Crippen molar-refractivity contribution in [2.24, 2.45) is 0 Å². The molecule has 0 aliphatic rings. The maximum atomic E-state index is 12.4. The van der Waals surface area contributed by atoms with Crippen molar-refractivity contribution in [1.29, 1.82) is 0 Å². The van der Waals surface area contributed by atoms with Gasteiger partial charge in [-0.2, -0.15) is 4.98 Å². The summed E-state index contributed by atoms with van der Waals surface area (Å²) in [6.45, 7) is 3.79. The number of rotatable bonds is 7. The summed E-state index contributed by atoms with van der Waals surface area (Å²) in [4.78, 5) is 16.4. The fourth-order valence-corrected chi connectivity index (χ4v) is 4.06. The van der Waals surface area contributed by atoms with Crippen LogP contribution in [-0.2, 0) is 26.8 Å². The molecule has 0 aliphatic carbocycles. The number of carbonyl (C=O) groups is 1. The van der Waals surface area contributed by atoms with Crippen molar-refractivity contribution < 1.29 is 17.7 Å². The number of hydrogen-bond donors (Lipinski definition) is 1. The molecule has 3 rings (SSSR count).